The van der Waals surface area contributed by atoms with Gasteiger partial charge in [0.05, 0.1) is 30.1 Å². The van der Waals surface area contributed by atoms with Gasteiger partial charge in [-0.3, -0.25) is 4.98 Å². The number of fused-ring (bicyclic) bond motifs is 4. The van der Waals surface area contributed by atoms with Crippen molar-refractivity contribution in [2.24, 2.45) is 0 Å². The normalized spacial score (nSPS) is 11.5. The van der Waals surface area contributed by atoms with Gasteiger partial charge in [0.25, 0.3) is 0 Å². The molecule has 0 saturated carbocycles. The number of hydrogen-bond acceptors (Lipinski definition) is 4. The average molecular weight is 346 g/mol. The van der Waals surface area contributed by atoms with E-state index >= 15 is 0 Å². The summed E-state index contributed by atoms with van der Waals surface area (Å²) in [7, 11) is 0. The number of nitrogens with zero attached hydrogens (tertiary/aromatic N) is 2. The maximum Gasteiger partial charge on any atom is 0.0785 e. The molecule has 0 aliphatic carbocycles. The molecular formula is C22H22N2O2. The number of aliphatic hydroxyl groups is 2. The van der Waals surface area contributed by atoms with Crippen LogP contribution in [-0.2, 0) is 0 Å². The summed E-state index contributed by atoms with van der Waals surface area (Å²) in [5, 5.41) is 24.5. The van der Waals surface area contributed by atoms with Crippen molar-refractivity contribution in [1.82, 2.24) is 4.98 Å². The van der Waals surface area contributed by atoms with E-state index in [0.717, 1.165) is 27.7 Å². The Morgan fingerprint density at radius 2 is 1.46 bits per heavy atom. The maximum atomic E-state index is 9.33. The summed E-state index contributed by atoms with van der Waals surface area (Å²) in [6.45, 7) is 3.03. The van der Waals surface area contributed by atoms with E-state index in [0.29, 0.717) is 13.1 Å². The largest absolute Gasteiger partial charge is 0.395 e. The Labute approximate surface area is 152 Å². The molecule has 0 atom stereocenters. The van der Waals surface area contributed by atoms with Crippen molar-refractivity contribution in [3.05, 3.63) is 60.3 Å². The minimum absolute atomic E-state index is 0.0428. The van der Waals surface area contributed by atoms with Crippen molar-refractivity contribution in [2.75, 3.05) is 31.2 Å². The van der Waals surface area contributed by atoms with Gasteiger partial charge in [0.2, 0.25) is 0 Å². The lowest BCUT2D eigenvalue weighted by atomic mass is 10.0. The fourth-order valence-corrected chi connectivity index (χ4v) is 3.65. The van der Waals surface area contributed by atoms with Gasteiger partial charge in [0.15, 0.2) is 0 Å². The molecule has 4 heteroatoms. The van der Waals surface area contributed by atoms with Crippen LogP contribution in [0.4, 0.5) is 5.69 Å². The van der Waals surface area contributed by atoms with E-state index in [1.807, 2.05) is 11.8 Å². The molecule has 3 aromatic carbocycles. The molecule has 4 aromatic rings. The minimum Gasteiger partial charge on any atom is -0.395 e. The Bertz CT molecular complexity index is 1090. The number of hydrogen-bond donors (Lipinski definition) is 2. The highest BCUT2D eigenvalue weighted by Crippen LogP contribution is 2.31. The zero-order valence-electron chi connectivity index (χ0n) is 14.8. The average Bonchev–Trinajstić information content (AvgIpc) is 2.66. The number of anilines is 1. The first-order chi connectivity index (χ1) is 12.7. The van der Waals surface area contributed by atoms with Crippen LogP contribution in [0, 0.1) is 6.92 Å². The predicted octanol–water partition coefficient (Wildman–Crippen LogP) is 3.64. The zero-order chi connectivity index (χ0) is 18.1. The number of aliphatic hydroxyl groups excluding tert-OH is 2. The van der Waals surface area contributed by atoms with Gasteiger partial charge < -0.3 is 15.1 Å². The predicted molar refractivity (Wildman–Crippen MR) is 108 cm³/mol. The van der Waals surface area contributed by atoms with E-state index in [9.17, 15) is 10.2 Å². The molecule has 0 saturated heterocycles. The minimum atomic E-state index is 0.0428. The van der Waals surface area contributed by atoms with Crippen molar-refractivity contribution < 1.29 is 10.2 Å². The van der Waals surface area contributed by atoms with Crippen LogP contribution in [0.5, 0.6) is 0 Å². The molecule has 0 bridgehead atoms. The van der Waals surface area contributed by atoms with Crippen LogP contribution in [0.1, 0.15) is 5.69 Å². The van der Waals surface area contributed by atoms with E-state index in [4.69, 9.17) is 4.98 Å². The Hall–Kier alpha value is -2.69. The lowest BCUT2D eigenvalue weighted by molar-refractivity contribution is 0.281. The summed E-state index contributed by atoms with van der Waals surface area (Å²) >= 11 is 0. The van der Waals surface area contributed by atoms with Crippen LogP contribution >= 0.6 is 0 Å². The first kappa shape index (κ1) is 16.8. The third kappa shape index (κ3) is 2.87. The number of rotatable bonds is 5. The molecule has 0 aliphatic rings. The smallest absolute Gasteiger partial charge is 0.0785 e. The molecule has 0 spiro atoms. The molecule has 4 rings (SSSR count). The second-order valence-corrected chi connectivity index (χ2v) is 6.58. The van der Waals surface area contributed by atoms with Crippen molar-refractivity contribution in [3.8, 4) is 0 Å². The molecule has 0 radical (unpaired) electrons. The maximum absolute atomic E-state index is 9.33. The summed E-state index contributed by atoms with van der Waals surface area (Å²) < 4.78 is 0. The quantitative estimate of drug-likeness (QED) is 0.428. The van der Waals surface area contributed by atoms with Crippen molar-refractivity contribution in [3.63, 3.8) is 0 Å². The second kappa shape index (κ2) is 6.90. The molecule has 0 fully saturated rings. The summed E-state index contributed by atoms with van der Waals surface area (Å²) in [5.74, 6) is 0. The van der Waals surface area contributed by atoms with Gasteiger partial charge in [0.1, 0.15) is 0 Å². The molecule has 0 amide bonds. The summed E-state index contributed by atoms with van der Waals surface area (Å²) in [6, 6.07) is 19.1. The van der Waals surface area contributed by atoms with Crippen molar-refractivity contribution >= 4 is 38.1 Å². The van der Waals surface area contributed by atoms with Crippen LogP contribution in [0.25, 0.3) is 32.4 Å². The number of pyridine rings is 1. The number of benzene rings is 3. The Kier molecular flexibility index (Phi) is 4.45. The van der Waals surface area contributed by atoms with Gasteiger partial charge in [-0.15, -0.1) is 0 Å². The highest BCUT2D eigenvalue weighted by molar-refractivity contribution is 6.10. The standard InChI is InChI=1S/C22H22N2O2/c1-15-21(24(8-10-25)9-11-26)14-19-7-6-18-12-16-4-2-3-5-17(16)13-20(18)22(19)23-15/h2-7,12-14,25-26H,8-11H2,1H3. The molecule has 4 nitrogen and oxygen atoms in total. The van der Waals surface area contributed by atoms with Crippen LogP contribution < -0.4 is 4.90 Å². The van der Waals surface area contributed by atoms with E-state index in [1.54, 1.807) is 0 Å². The van der Waals surface area contributed by atoms with E-state index in [-0.39, 0.29) is 13.2 Å². The van der Waals surface area contributed by atoms with Crippen molar-refractivity contribution in [2.45, 2.75) is 6.92 Å². The highest BCUT2D eigenvalue weighted by atomic mass is 16.3. The molecule has 0 aliphatic heterocycles. The Morgan fingerprint density at radius 3 is 2.15 bits per heavy atom. The van der Waals surface area contributed by atoms with Gasteiger partial charge in [-0.2, -0.15) is 0 Å². The van der Waals surface area contributed by atoms with Crippen LogP contribution in [0.3, 0.4) is 0 Å². The molecule has 132 valence electrons. The summed E-state index contributed by atoms with van der Waals surface area (Å²) in [5.41, 5.74) is 2.85. The zero-order valence-corrected chi connectivity index (χ0v) is 14.8. The molecular weight excluding hydrogens is 324 g/mol. The monoisotopic (exact) mass is 346 g/mol. The topological polar surface area (TPSA) is 56.6 Å². The van der Waals surface area contributed by atoms with Gasteiger partial charge in [-0.05, 0) is 41.3 Å². The van der Waals surface area contributed by atoms with Gasteiger partial charge >= 0.3 is 0 Å². The highest BCUT2D eigenvalue weighted by Gasteiger charge is 2.13. The third-order valence-electron chi connectivity index (χ3n) is 4.91. The van der Waals surface area contributed by atoms with Crippen LogP contribution in [0.2, 0.25) is 0 Å². The Morgan fingerprint density at radius 1 is 0.808 bits per heavy atom. The van der Waals surface area contributed by atoms with E-state index < -0.39 is 0 Å². The molecule has 1 aromatic heterocycles. The van der Waals surface area contributed by atoms with Crippen LogP contribution in [0.15, 0.2) is 54.6 Å². The third-order valence-corrected chi connectivity index (χ3v) is 4.91. The molecule has 0 unspecified atom stereocenters. The van der Waals surface area contributed by atoms with Gasteiger partial charge in [0, 0.05) is 23.9 Å². The van der Waals surface area contributed by atoms with Crippen molar-refractivity contribution in [1.29, 1.82) is 0 Å². The van der Waals surface area contributed by atoms with Gasteiger partial charge in [-0.25, -0.2) is 0 Å². The molecule has 2 N–H and O–H groups in total. The summed E-state index contributed by atoms with van der Waals surface area (Å²) in [4.78, 5) is 6.87. The van der Waals surface area contributed by atoms with E-state index in [2.05, 4.69) is 54.6 Å². The SMILES string of the molecule is Cc1nc2c(ccc3cc4ccccc4cc32)cc1N(CCO)CCO. The molecule has 1 heterocycles. The van der Waals surface area contributed by atoms with Gasteiger partial charge in [-0.1, -0.05) is 36.4 Å². The number of aryl methyl sites for hydroxylation is 1. The first-order valence-corrected chi connectivity index (χ1v) is 8.91. The van der Waals surface area contributed by atoms with E-state index in [1.165, 1.54) is 16.2 Å². The lowest BCUT2D eigenvalue weighted by Crippen LogP contribution is -2.30. The molecule has 26 heavy (non-hydrogen) atoms. The fourth-order valence-electron chi connectivity index (χ4n) is 3.65. The summed E-state index contributed by atoms with van der Waals surface area (Å²) in [6.07, 6.45) is 0. The number of aromatic nitrogens is 1. The lowest BCUT2D eigenvalue weighted by Gasteiger charge is -2.25. The van der Waals surface area contributed by atoms with Crippen LogP contribution in [-0.4, -0.2) is 41.5 Å². The second-order valence-electron chi connectivity index (χ2n) is 6.58. The first-order valence-electron chi connectivity index (χ1n) is 8.91. The Balaban J connectivity index is 1.94. The fraction of sp³-hybridized carbons (Fsp3) is 0.227.